The van der Waals surface area contributed by atoms with E-state index in [0.29, 0.717) is 52.6 Å². The predicted molar refractivity (Wildman–Crippen MR) is 540 cm³/mol. The summed E-state index contributed by atoms with van der Waals surface area (Å²) in [4.78, 5) is 38.5. The van der Waals surface area contributed by atoms with E-state index >= 15 is 9.59 Å². The third kappa shape index (κ3) is 15.5. The summed E-state index contributed by atoms with van der Waals surface area (Å²) in [5, 5.41) is 13.2. The fraction of sp³-hybridized carbons (Fsp3) is 0.0943. The van der Waals surface area contributed by atoms with Gasteiger partial charge in [0.2, 0.25) is 0 Å². The topological polar surface area (TPSA) is 121 Å². The first-order valence-corrected chi connectivity index (χ1v) is 67.4. The van der Waals surface area contributed by atoms with Crippen molar-refractivity contribution in [3.8, 4) is 0 Å². The molecule has 0 unspecified atom stereocenters. The molecule has 12 nitrogen and oxygen atoms in total. The lowest BCUT2D eigenvalue weighted by atomic mass is 10.4. The van der Waals surface area contributed by atoms with Gasteiger partial charge < -0.3 is 43.8 Å². The van der Waals surface area contributed by atoms with Crippen LogP contribution in [0.25, 0.3) is 0 Å². The number of hydrogen-bond acceptors (Lipinski definition) is 12. The van der Waals surface area contributed by atoms with Crippen molar-refractivity contribution < 1.29 is 43.8 Å². The Morgan fingerprint density at radius 1 is 0.203 bits per heavy atom. The third-order valence-electron chi connectivity index (χ3n) is 25.8. The summed E-state index contributed by atoms with van der Waals surface area (Å²) < 4.78 is 75.9. The molecule has 3 aliphatic heterocycles. The van der Waals surface area contributed by atoms with E-state index < -0.39 is 80.3 Å². The van der Waals surface area contributed by atoms with Gasteiger partial charge in [0.1, 0.15) is 0 Å². The molecule has 3 aliphatic rings. The van der Waals surface area contributed by atoms with Crippen LogP contribution in [0.4, 0.5) is 0 Å². The molecule has 0 radical (unpaired) electrons. The van der Waals surface area contributed by atoms with Crippen molar-refractivity contribution in [3.63, 3.8) is 0 Å². The molecule has 0 amide bonds. The highest BCUT2D eigenvalue weighted by Gasteiger charge is 2.81. The molecule has 0 bridgehead atoms. The van der Waals surface area contributed by atoms with E-state index in [1.54, 1.807) is 0 Å². The van der Waals surface area contributed by atoms with Crippen molar-refractivity contribution in [2.45, 2.75) is 0 Å². The highest BCUT2D eigenvalue weighted by molar-refractivity contribution is 7.61. The predicted octanol–water partition coefficient (Wildman–Crippen LogP) is 8.10. The molecule has 128 heavy (non-hydrogen) atoms. The maximum atomic E-state index is 16.8. The van der Waals surface area contributed by atoms with Gasteiger partial charge in [-0.2, -0.15) is 0 Å². The van der Waals surface area contributed by atoms with Gasteiger partial charge in [-0.15, -0.1) is 0 Å². The van der Waals surface area contributed by atoms with E-state index in [2.05, 4.69) is 471 Å². The number of hydrogen-bond donors (Lipinski definition) is 2. The largest absolute Gasteiger partial charge is 0.485 e. The van der Waals surface area contributed by atoms with Gasteiger partial charge in [-0.25, -0.2) is 0 Å². The molecule has 0 atom stereocenters. The van der Waals surface area contributed by atoms with E-state index in [1.807, 2.05) is 24.3 Å². The first kappa shape index (κ1) is 86.6. The Labute approximate surface area is 761 Å². The van der Waals surface area contributed by atoms with E-state index in [9.17, 15) is 24.7 Å². The summed E-state index contributed by atoms with van der Waals surface area (Å²) in [7, 11) is -51.1. The Balaban J connectivity index is 1.12. The zero-order valence-electron chi connectivity index (χ0n) is 71.3. The molecule has 3 saturated heterocycles. The lowest BCUT2D eigenvalue weighted by molar-refractivity contribution is 0.0379. The molecule has 16 aromatic rings. The van der Waals surface area contributed by atoms with Gasteiger partial charge in [0.25, 0.3) is 62.7 Å². The number of nitrogens with zero attached hydrogens (tertiary/aromatic N) is 2. The second kappa shape index (κ2) is 38.1. The average Bonchev–Trinajstić information content (AvgIpc) is 0.661. The van der Waals surface area contributed by atoms with Crippen LogP contribution in [-0.4, -0.2) is 165 Å². The highest BCUT2D eigenvalue weighted by atomic mass is 29.3. The number of ether oxygens (including phenoxy) is 2. The molecule has 2 N–H and O–H groups in total. The molecule has 0 aromatic heterocycles. The molecule has 0 aliphatic carbocycles. The normalized spacial score (nSPS) is 18.6. The van der Waals surface area contributed by atoms with Gasteiger partial charge in [-0.3, -0.25) is 9.80 Å². The summed E-state index contributed by atoms with van der Waals surface area (Å²) in [6.45, 7) is 3.42. The van der Waals surface area contributed by atoms with Crippen LogP contribution in [0.15, 0.2) is 485 Å². The zero-order chi connectivity index (χ0) is 86.7. The van der Waals surface area contributed by atoms with Gasteiger partial charge >= 0.3 is 17.6 Å². The maximum Gasteiger partial charge on any atom is 0.485 e. The van der Waals surface area contributed by atoms with Gasteiger partial charge in [0, 0.05) is 26.2 Å². The Morgan fingerprint density at radius 2 is 0.344 bits per heavy atom. The minimum Gasteiger partial charge on any atom is -0.424 e. The highest BCUT2D eigenvalue weighted by Crippen LogP contribution is 2.43. The van der Waals surface area contributed by atoms with E-state index in [-0.39, 0.29) is 12.3 Å². The minimum absolute atomic E-state index is 0.0570. The first-order valence-electron chi connectivity index (χ1n) is 44.2. The summed E-state index contributed by atoms with van der Waals surface area (Å²) in [6.07, 6.45) is 0.114. The van der Waals surface area contributed by atoms with E-state index in [4.69, 9.17) is 9.47 Å². The summed E-state index contributed by atoms with van der Waals surface area (Å²) >= 11 is 0. The molecule has 3 fully saturated rings. The Kier molecular flexibility index (Phi) is 25.8. The Morgan fingerprint density at radius 3 is 0.500 bits per heavy atom. The molecular weight excluding hydrogens is 1740 g/mol. The van der Waals surface area contributed by atoms with E-state index in [0.717, 1.165) is 83.0 Å². The molecule has 19 rings (SSSR count). The van der Waals surface area contributed by atoms with Crippen molar-refractivity contribution in [3.05, 3.63) is 485 Å². The smallest absolute Gasteiger partial charge is 0.424 e. The fourth-order valence-electron chi connectivity index (χ4n) is 20.3. The molecule has 16 aromatic carbocycles. The Bertz CT molecular complexity index is 5340. The van der Waals surface area contributed by atoms with Crippen LogP contribution in [0.5, 0.6) is 0 Å². The van der Waals surface area contributed by atoms with Crippen LogP contribution in [-0.2, 0) is 34.2 Å². The third-order valence-corrected chi connectivity index (χ3v) is 96.2. The average molecular weight is 1840 g/mol. The second-order valence-corrected chi connectivity index (χ2v) is 78.7. The fourth-order valence-corrected chi connectivity index (χ4v) is 111. The molecule has 3 heterocycles. The first-order chi connectivity index (χ1) is 63.1. The lowest BCUT2D eigenvalue weighted by Gasteiger charge is -2.61. The number of morpholine rings is 2. The van der Waals surface area contributed by atoms with Crippen molar-refractivity contribution in [2.24, 2.45) is 0 Å². The molecule has 0 spiro atoms. The zero-order valence-corrected chi connectivity index (χ0v) is 81.3. The molecular formula is C106H102N2O10Si10. The standard InChI is InChI=1S/C106H102N2O10Si10/c109-121(91-49-17-1-18-50-91,92-51-19-2-20-52-92)123(95-57-25-5-26-58-95,96-59-27-6-28-60-96)113-119(89-107-81-85-111-86-82-107)115-125(99-65-33-9-34-66-99,100-67-35-10-36-68-100)127(103-73-41-13-42-74-103,104-75-43-14-44-76-104)117-120(90-108-83-87-112-88-84-108,114-124(97-61-29-7-30-62-97,98-63-31-8-32-64-98)122(110,93-53-21-3-22-54-93)94-55-23-4-24-56-94)118-128(105-77-45-15-46-78-105,106-79-47-16-48-80-106)126(116-119,101-69-37-11-38-70-101)102-71-39-12-40-72-102/h1-80,109-110H,81-90H2. The van der Waals surface area contributed by atoms with Gasteiger partial charge in [-0.1, -0.05) is 485 Å². The summed E-state index contributed by atoms with van der Waals surface area (Å²) in [6, 6.07) is 173. The quantitative estimate of drug-likeness (QED) is 0.0510. The van der Waals surface area contributed by atoms with Gasteiger partial charge in [0.05, 0.1) is 38.8 Å². The van der Waals surface area contributed by atoms with E-state index in [1.165, 1.54) is 0 Å². The minimum atomic E-state index is -5.59. The van der Waals surface area contributed by atoms with Crippen molar-refractivity contribution in [1.29, 1.82) is 0 Å². The van der Waals surface area contributed by atoms with Crippen LogP contribution >= 0.6 is 0 Å². The van der Waals surface area contributed by atoms with Gasteiger partial charge in [-0.05, 0) is 83.0 Å². The molecule has 636 valence electrons. The van der Waals surface area contributed by atoms with Gasteiger partial charge in [0.15, 0.2) is 0 Å². The monoisotopic (exact) mass is 1840 g/mol. The molecule has 22 heteroatoms. The van der Waals surface area contributed by atoms with Crippen molar-refractivity contribution in [2.75, 3.05) is 64.9 Å². The van der Waals surface area contributed by atoms with Crippen LogP contribution in [0.2, 0.25) is 0 Å². The van der Waals surface area contributed by atoms with Crippen molar-refractivity contribution in [1.82, 2.24) is 9.80 Å². The second-order valence-electron chi connectivity index (χ2n) is 33.1. The summed E-state index contributed by atoms with van der Waals surface area (Å²) in [5.74, 6) is 0. The number of benzene rings is 16. The SMILES string of the molecule is O[Si](c1ccccc1)(c1ccccc1)[Si](O[Si]1(CN2CCOCC2)O[Si](c2ccccc2)(c2ccccc2)[Si](c2ccccc2)(c2ccccc2)O[Si](CN2CCOCC2)(O[Si](c2ccccc2)(c2ccccc2)[Si](O)(c2ccccc2)c2ccccc2)O[Si](c2ccccc2)(c2ccccc2)[Si](c2ccccc2)(c2ccccc2)O1)(c1ccccc1)c1ccccc1. The lowest BCUT2D eigenvalue weighted by Crippen LogP contribution is -2.99. The maximum absolute atomic E-state index is 16.8. The van der Waals surface area contributed by atoms with Crippen LogP contribution in [0.3, 0.4) is 0 Å². The molecule has 0 saturated carbocycles. The van der Waals surface area contributed by atoms with Crippen LogP contribution in [0, 0.1) is 0 Å². The number of rotatable bonds is 26. The van der Waals surface area contributed by atoms with Crippen LogP contribution < -0.4 is 83.0 Å². The van der Waals surface area contributed by atoms with Crippen molar-refractivity contribution >= 4 is 163 Å². The van der Waals surface area contributed by atoms with Crippen LogP contribution in [0.1, 0.15) is 0 Å². The Hall–Kier alpha value is -10.8. The summed E-state index contributed by atoms with van der Waals surface area (Å²) in [5.41, 5.74) is 0.